The molecule has 0 aliphatic heterocycles. The second-order valence-electron chi connectivity index (χ2n) is 9.67. The molecule has 0 atom stereocenters. The summed E-state index contributed by atoms with van der Waals surface area (Å²) >= 11 is 0. The maximum atomic E-state index is 9.25. The molecule has 2 aromatic carbocycles. The Labute approximate surface area is 221 Å². The molecule has 0 aromatic heterocycles. The number of carbonyl (C=O) groups is 1. The Hall–Kier alpha value is -2.55. The number of aliphatic carboxylic acids is 1. The molecule has 200 valence electrons. The van der Waals surface area contributed by atoms with E-state index in [9.17, 15) is 4.79 Å². The molecule has 0 heterocycles. The number of ether oxygens (including phenoxy) is 1. The summed E-state index contributed by atoms with van der Waals surface area (Å²) in [5.74, 6) is 0.885. The van der Waals surface area contributed by atoms with Gasteiger partial charge in [-0.1, -0.05) is 122 Å². The van der Waals surface area contributed by atoms with E-state index in [1.54, 1.807) is 0 Å². The Balaban J connectivity index is 0.00000118. The van der Waals surface area contributed by atoms with Gasteiger partial charge < -0.3 is 9.84 Å². The van der Waals surface area contributed by atoms with Crippen molar-refractivity contribution in [3.05, 3.63) is 72.3 Å². The van der Waals surface area contributed by atoms with Gasteiger partial charge in [-0.05, 0) is 61.1 Å². The van der Waals surface area contributed by atoms with Crippen molar-refractivity contribution in [3.63, 3.8) is 0 Å². The third kappa shape index (κ3) is 17.0. The van der Waals surface area contributed by atoms with Gasteiger partial charge in [0, 0.05) is 6.08 Å². The van der Waals surface area contributed by atoms with Gasteiger partial charge in [0.05, 0.1) is 0 Å². The van der Waals surface area contributed by atoms with Gasteiger partial charge in [-0.3, -0.25) is 0 Å². The second-order valence-corrected chi connectivity index (χ2v) is 9.67. The molecule has 0 spiro atoms. The van der Waals surface area contributed by atoms with E-state index in [0.29, 0.717) is 0 Å². The lowest BCUT2D eigenvalue weighted by Gasteiger charge is -2.08. The van der Waals surface area contributed by atoms with E-state index in [2.05, 4.69) is 69.0 Å². The van der Waals surface area contributed by atoms with Crippen LogP contribution in [0.3, 0.4) is 0 Å². The molecule has 0 saturated carbocycles. The van der Waals surface area contributed by atoms with Crippen molar-refractivity contribution in [3.8, 4) is 11.5 Å². The fraction of sp³-hybridized carbons (Fsp3) is 0.545. The van der Waals surface area contributed by atoms with Crippen LogP contribution in [0.2, 0.25) is 0 Å². The molecule has 0 aliphatic carbocycles. The van der Waals surface area contributed by atoms with Gasteiger partial charge in [-0.25, -0.2) is 4.79 Å². The van der Waals surface area contributed by atoms with Crippen LogP contribution in [-0.4, -0.2) is 11.1 Å². The van der Waals surface area contributed by atoms with Gasteiger partial charge in [-0.15, -0.1) is 0 Å². The van der Waals surface area contributed by atoms with Gasteiger partial charge in [0.15, 0.2) is 0 Å². The van der Waals surface area contributed by atoms with Crippen molar-refractivity contribution in [1.82, 2.24) is 0 Å². The first-order chi connectivity index (χ1) is 17.6. The molecule has 0 fully saturated rings. The average Bonchev–Trinajstić information content (AvgIpc) is 2.90. The normalized spacial score (nSPS) is 10.4. The van der Waals surface area contributed by atoms with Gasteiger partial charge in [0.25, 0.3) is 0 Å². The smallest absolute Gasteiger partial charge is 0.327 e. The van der Waals surface area contributed by atoms with E-state index in [1.165, 1.54) is 114 Å². The number of hydrogen-bond donors (Lipinski definition) is 1. The van der Waals surface area contributed by atoms with Crippen molar-refractivity contribution in [1.29, 1.82) is 0 Å². The predicted molar refractivity (Wildman–Crippen MR) is 154 cm³/mol. The minimum atomic E-state index is -0.981. The molecule has 0 amide bonds. The summed E-state index contributed by atoms with van der Waals surface area (Å²) < 4.78 is 6.05. The van der Waals surface area contributed by atoms with Crippen molar-refractivity contribution in [2.24, 2.45) is 0 Å². The highest BCUT2D eigenvalue weighted by molar-refractivity contribution is 5.78. The highest BCUT2D eigenvalue weighted by Crippen LogP contribution is 2.23. The lowest BCUT2D eigenvalue weighted by Crippen LogP contribution is -1.90. The molecule has 1 N–H and O–H groups in total. The zero-order valence-electron chi connectivity index (χ0n) is 23.0. The maximum Gasteiger partial charge on any atom is 0.327 e. The van der Waals surface area contributed by atoms with E-state index in [1.807, 2.05) is 0 Å². The van der Waals surface area contributed by atoms with Crippen LogP contribution in [0.1, 0.15) is 115 Å². The Kier molecular flexibility index (Phi) is 19.0. The van der Waals surface area contributed by atoms with E-state index < -0.39 is 5.97 Å². The molecular formula is C33H50O3. The predicted octanol–water partition coefficient (Wildman–Crippen LogP) is 10.3. The van der Waals surface area contributed by atoms with Crippen LogP contribution in [0, 0.1) is 0 Å². The standard InChI is InChI=1S/C30H46O.C3H4O2/c1-3-5-7-9-11-13-15-17-27-19-23-29(24-20-27)31-30-25-21-28(22-26-30)18-16-14-12-10-8-6-4-2;1-2-3(4)5/h19-26H,3-18H2,1-2H3;2H,1H2,(H,4,5). The number of carboxylic acids is 1. The van der Waals surface area contributed by atoms with Gasteiger partial charge >= 0.3 is 5.97 Å². The van der Waals surface area contributed by atoms with E-state index in [-0.39, 0.29) is 0 Å². The Morgan fingerprint density at radius 1 is 0.639 bits per heavy atom. The number of carboxylic acid groups (broad SMARTS) is 1. The molecule has 36 heavy (non-hydrogen) atoms. The maximum absolute atomic E-state index is 9.25. The monoisotopic (exact) mass is 494 g/mol. The summed E-state index contributed by atoms with van der Waals surface area (Å²) in [6.45, 7) is 7.52. The summed E-state index contributed by atoms with van der Waals surface area (Å²) in [5, 5.41) is 7.60. The Bertz CT molecular complexity index is 733. The molecule has 0 bridgehead atoms. The molecule has 2 aromatic rings. The molecular weight excluding hydrogens is 444 g/mol. The number of rotatable bonds is 19. The fourth-order valence-electron chi connectivity index (χ4n) is 4.16. The van der Waals surface area contributed by atoms with Crippen LogP contribution in [0.15, 0.2) is 61.2 Å². The van der Waals surface area contributed by atoms with Crippen LogP contribution < -0.4 is 4.74 Å². The third-order valence-electron chi connectivity index (χ3n) is 6.40. The summed E-state index contributed by atoms with van der Waals surface area (Å²) in [5.41, 5.74) is 2.84. The molecule has 3 heteroatoms. The SMILES string of the molecule is C=CC(=O)O.CCCCCCCCCc1ccc(Oc2ccc(CCCCCCCCC)cc2)cc1. The third-order valence-corrected chi connectivity index (χ3v) is 6.40. The molecule has 0 unspecified atom stereocenters. The zero-order chi connectivity index (χ0) is 26.3. The van der Waals surface area contributed by atoms with Crippen molar-refractivity contribution in [2.45, 2.75) is 117 Å². The van der Waals surface area contributed by atoms with Gasteiger partial charge in [0.1, 0.15) is 11.5 Å². The van der Waals surface area contributed by atoms with Crippen molar-refractivity contribution < 1.29 is 14.6 Å². The molecule has 2 rings (SSSR count). The topological polar surface area (TPSA) is 46.5 Å². The molecule has 3 nitrogen and oxygen atoms in total. The summed E-state index contributed by atoms with van der Waals surface area (Å²) in [6.07, 6.45) is 22.3. The van der Waals surface area contributed by atoms with Crippen LogP contribution >= 0.6 is 0 Å². The molecule has 0 aliphatic rings. The van der Waals surface area contributed by atoms with Crippen LogP contribution in [0.25, 0.3) is 0 Å². The minimum Gasteiger partial charge on any atom is -0.478 e. The van der Waals surface area contributed by atoms with Gasteiger partial charge in [-0.2, -0.15) is 0 Å². The largest absolute Gasteiger partial charge is 0.478 e. The fourth-order valence-corrected chi connectivity index (χ4v) is 4.16. The minimum absolute atomic E-state index is 0.833. The highest BCUT2D eigenvalue weighted by Gasteiger charge is 2.01. The first-order valence-corrected chi connectivity index (χ1v) is 14.3. The Morgan fingerprint density at radius 3 is 1.25 bits per heavy atom. The summed E-state index contributed by atoms with van der Waals surface area (Å²) in [6, 6.07) is 17.4. The van der Waals surface area contributed by atoms with Crippen LogP contribution in [0.5, 0.6) is 11.5 Å². The number of aryl methyl sites for hydroxylation is 2. The quantitative estimate of drug-likeness (QED) is 0.156. The van der Waals surface area contributed by atoms with E-state index >= 15 is 0 Å². The van der Waals surface area contributed by atoms with Crippen LogP contribution in [-0.2, 0) is 17.6 Å². The Morgan fingerprint density at radius 2 is 0.944 bits per heavy atom. The molecule has 0 radical (unpaired) electrons. The first kappa shape index (κ1) is 31.5. The zero-order valence-corrected chi connectivity index (χ0v) is 23.0. The lowest BCUT2D eigenvalue weighted by molar-refractivity contribution is -0.131. The van der Waals surface area contributed by atoms with Crippen molar-refractivity contribution in [2.75, 3.05) is 0 Å². The van der Waals surface area contributed by atoms with Crippen molar-refractivity contribution >= 4 is 5.97 Å². The number of benzene rings is 2. The second kappa shape index (κ2) is 21.7. The average molecular weight is 495 g/mol. The lowest BCUT2D eigenvalue weighted by atomic mass is 10.0. The highest BCUT2D eigenvalue weighted by atomic mass is 16.5. The summed E-state index contributed by atoms with van der Waals surface area (Å²) in [7, 11) is 0. The number of unbranched alkanes of at least 4 members (excludes halogenated alkanes) is 12. The molecule has 0 saturated heterocycles. The van der Waals surface area contributed by atoms with Gasteiger partial charge in [0.2, 0.25) is 0 Å². The number of hydrogen-bond acceptors (Lipinski definition) is 2. The van der Waals surface area contributed by atoms with E-state index in [0.717, 1.165) is 17.6 Å². The first-order valence-electron chi connectivity index (χ1n) is 14.3. The van der Waals surface area contributed by atoms with Crippen LogP contribution in [0.4, 0.5) is 0 Å². The summed E-state index contributed by atoms with van der Waals surface area (Å²) in [4.78, 5) is 9.25. The van der Waals surface area contributed by atoms with E-state index in [4.69, 9.17) is 9.84 Å².